The molecule has 1 N–H and O–H groups in total. The highest BCUT2D eigenvalue weighted by atomic mass is 32.1. The number of halogens is 1. The molecule has 0 aliphatic heterocycles. The van der Waals surface area contributed by atoms with Crippen molar-refractivity contribution in [2.75, 3.05) is 7.11 Å². The zero-order chi connectivity index (χ0) is 13.3. The Hall–Kier alpha value is -1.69. The number of ether oxygens (including phenoxy) is 1. The topological polar surface area (TPSA) is 42.8 Å². The number of benzene rings is 1. The minimum Gasteiger partial charge on any atom is -0.494 e. The fraction of sp³-hybridized carbons (Fsp3) is 0.333. The van der Waals surface area contributed by atoms with Crippen LogP contribution >= 0.6 is 12.2 Å². The molecule has 0 radical (unpaired) electrons. The molecule has 0 aliphatic rings. The highest BCUT2D eigenvalue weighted by Crippen LogP contribution is 2.26. The summed E-state index contributed by atoms with van der Waals surface area (Å²) in [6.45, 7) is 4.02. The van der Waals surface area contributed by atoms with Crippen molar-refractivity contribution in [3.05, 3.63) is 28.8 Å². The van der Waals surface area contributed by atoms with Gasteiger partial charge in [0.2, 0.25) is 0 Å². The van der Waals surface area contributed by atoms with Gasteiger partial charge in [0.1, 0.15) is 0 Å². The van der Waals surface area contributed by atoms with Crippen molar-refractivity contribution in [3.63, 3.8) is 0 Å². The number of rotatable bonds is 3. The van der Waals surface area contributed by atoms with E-state index in [1.165, 1.54) is 13.2 Å². The number of nitrogens with zero attached hydrogens (tertiary/aromatic N) is 2. The minimum atomic E-state index is -0.397. The van der Waals surface area contributed by atoms with Crippen LogP contribution in [0, 0.1) is 10.6 Å². The fourth-order valence-corrected chi connectivity index (χ4v) is 2.13. The largest absolute Gasteiger partial charge is 0.494 e. The quantitative estimate of drug-likeness (QED) is 0.867. The summed E-state index contributed by atoms with van der Waals surface area (Å²) in [7, 11) is 1.43. The van der Waals surface area contributed by atoms with Gasteiger partial charge in [-0.25, -0.2) is 4.39 Å². The van der Waals surface area contributed by atoms with E-state index in [1.54, 1.807) is 12.1 Å². The Morgan fingerprint density at radius 2 is 2.17 bits per heavy atom. The lowest BCUT2D eigenvalue weighted by Crippen LogP contribution is -2.03. The van der Waals surface area contributed by atoms with Crippen LogP contribution in [-0.2, 0) is 0 Å². The van der Waals surface area contributed by atoms with Gasteiger partial charge >= 0.3 is 0 Å². The van der Waals surface area contributed by atoms with Crippen LogP contribution in [0.4, 0.5) is 4.39 Å². The summed E-state index contributed by atoms with van der Waals surface area (Å²) >= 11 is 5.18. The first-order chi connectivity index (χ1) is 8.54. The van der Waals surface area contributed by atoms with E-state index < -0.39 is 5.82 Å². The van der Waals surface area contributed by atoms with Gasteiger partial charge in [-0.2, -0.15) is 5.10 Å². The number of aromatic amines is 1. The Bertz CT molecular complexity index is 618. The Morgan fingerprint density at radius 1 is 1.44 bits per heavy atom. The van der Waals surface area contributed by atoms with Gasteiger partial charge in [0, 0.05) is 11.6 Å². The zero-order valence-corrected chi connectivity index (χ0v) is 11.2. The van der Waals surface area contributed by atoms with Gasteiger partial charge in [-0.05, 0) is 44.3 Å². The van der Waals surface area contributed by atoms with Crippen LogP contribution in [0.25, 0.3) is 11.4 Å². The molecule has 4 nitrogen and oxygen atoms in total. The molecular weight excluding hydrogens is 253 g/mol. The van der Waals surface area contributed by atoms with Gasteiger partial charge < -0.3 is 4.74 Å². The smallest absolute Gasteiger partial charge is 0.195 e. The lowest BCUT2D eigenvalue weighted by atomic mass is 10.2. The second kappa shape index (κ2) is 4.89. The van der Waals surface area contributed by atoms with Gasteiger partial charge in [0.25, 0.3) is 0 Å². The highest BCUT2D eigenvalue weighted by Gasteiger charge is 2.13. The molecule has 1 aromatic carbocycles. The lowest BCUT2D eigenvalue weighted by Gasteiger charge is -2.11. The van der Waals surface area contributed by atoms with E-state index in [0.29, 0.717) is 10.6 Å². The van der Waals surface area contributed by atoms with Crippen molar-refractivity contribution in [1.29, 1.82) is 0 Å². The van der Waals surface area contributed by atoms with Crippen molar-refractivity contribution in [3.8, 4) is 17.1 Å². The Kier molecular flexibility index (Phi) is 3.47. The van der Waals surface area contributed by atoms with Gasteiger partial charge in [0.05, 0.1) is 7.11 Å². The number of nitrogens with one attached hydrogen (secondary N) is 1. The first kappa shape index (κ1) is 12.8. The Balaban J connectivity index is 2.59. The molecule has 18 heavy (non-hydrogen) atoms. The van der Waals surface area contributed by atoms with Gasteiger partial charge in [0.15, 0.2) is 22.2 Å². The number of H-pyrrole nitrogens is 1. The molecule has 0 amide bonds. The van der Waals surface area contributed by atoms with Crippen LogP contribution < -0.4 is 4.74 Å². The molecule has 0 fully saturated rings. The number of hydrogen-bond acceptors (Lipinski definition) is 3. The van der Waals surface area contributed by atoms with Gasteiger partial charge in [-0.15, -0.1) is 0 Å². The molecule has 0 saturated heterocycles. The molecule has 0 saturated carbocycles. The molecular formula is C12H14FN3OS. The van der Waals surface area contributed by atoms with E-state index >= 15 is 0 Å². The minimum absolute atomic E-state index is 0.169. The normalized spacial score (nSPS) is 10.9. The van der Waals surface area contributed by atoms with Crippen molar-refractivity contribution < 1.29 is 9.13 Å². The fourth-order valence-electron chi connectivity index (χ4n) is 1.79. The summed E-state index contributed by atoms with van der Waals surface area (Å²) in [6.07, 6.45) is 0. The average Bonchev–Trinajstić information content (AvgIpc) is 2.72. The molecule has 2 aromatic rings. The lowest BCUT2D eigenvalue weighted by molar-refractivity contribution is 0.386. The van der Waals surface area contributed by atoms with Crippen LogP contribution in [0.1, 0.15) is 19.9 Å². The molecule has 0 bridgehead atoms. The van der Waals surface area contributed by atoms with E-state index in [0.717, 1.165) is 5.56 Å². The maximum Gasteiger partial charge on any atom is 0.195 e. The molecule has 2 rings (SSSR count). The SMILES string of the molecule is COc1cc(-c2n[nH]c(=S)n2C(C)C)ccc1F. The van der Waals surface area contributed by atoms with Crippen molar-refractivity contribution in [2.45, 2.75) is 19.9 Å². The summed E-state index contributed by atoms with van der Waals surface area (Å²) < 4.78 is 20.8. The third-order valence-corrected chi connectivity index (χ3v) is 2.92. The molecule has 0 aliphatic carbocycles. The van der Waals surface area contributed by atoms with Crippen LogP contribution in [0.5, 0.6) is 5.75 Å². The van der Waals surface area contributed by atoms with E-state index in [4.69, 9.17) is 17.0 Å². The molecule has 0 unspecified atom stereocenters. The second-order valence-electron chi connectivity index (χ2n) is 4.17. The predicted octanol–water partition coefficient (Wildman–Crippen LogP) is 3.34. The third kappa shape index (κ3) is 2.15. The Labute approximate surface area is 109 Å². The van der Waals surface area contributed by atoms with Crippen molar-refractivity contribution in [1.82, 2.24) is 14.8 Å². The zero-order valence-electron chi connectivity index (χ0n) is 10.4. The van der Waals surface area contributed by atoms with Crippen LogP contribution in [0.3, 0.4) is 0 Å². The predicted molar refractivity (Wildman–Crippen MR) is 69.7 cm³/mol. The van der Waals surface area contributed by atoms with Crippen LogP contribution in [0.15, 0.2) is 18.2 Å². The maximum atomic E-state index is 13.4. The number of hydrogen-bond donors (Lipinski definition) is 1. The monoisotopic (exact) mass is 267 g/mol. The molecule has 1 aromatic heterocycles. The first-order valence-corrected chi connectivity index (χ1v) is 5.96. The molecule has 0 atom stereocenters. The van der Waals surface area contributed by atoms with Crippen molar-refractivity contribution >= 4 is 12.2 Å². The summed E-state index contributed by atoms with van der Waals surface area (Å²) in [5.74, 6) is 0.469. The van der Waals surface area contributed by atoms with E-state index in [-0.39, 0.29) is 11.8 Å². The van der Waals surface area contributed by atoms with Crippen LogP contribution in [0.2, 0.25) is 0 Å². The third-order valence-electron chi connectivity index (χ3n) is 2.63. The second-order valence-corrected chi connectivity index (χ2v) is 4.55. The van der Waals surface area contributed by atoms with Gasteiger partial charge in [-0.1, -0.05) is 0 Å². The van der Waals surface area contributed by atoms with E-state index in [1.807, 2.05) is 18.4 Å². The standard InChI is InChI=1S/C12H14FN3OS/c1-7(2)16-11(14-15-12(16)18)8-4-5-9(13)10(6-8)17-3/h4-7H,1-3H3,(H,15,18). The number of aromatic nitrogens is 3. The summed E-state index contributed by atoms with van der Waals surface area (Å²) in [6, 6.07) is 4.79. The first-order valence-electron chi connectivity index (χ1n) is 5.55. The Morgan fingerprint density at radius 3 is 2.78 bits per heavy atom. The average molecular weight is 267 g/mol. The molecule has 6 heteroatoms. The van der Waals surface area contributed by atoms with Crippen molar-refractivity contribution in [2.24, 2.45) is 0 Å². The molecule has 96 valence electrons. The maximum absolute atomic E-state index is 13.4. The highest BCUT2D eigenvalue weighted by molar-refractivity contribution is 7.71. The summed E-state index contributed by atoms with van der Waals surface area (Å²) in [4.78, 5) is 0. The molecule has 1 heterocycles. The van der Waals surface area contributed by atoms with E-state index in [9.17, 15) is 4.39 Å². The van der Waals surface area contributed by atoms with Gasteiger partial charge in [-0.3, -0.25) is 9.67 Å². The van der Waals surface area contributed by atoms with E-state index in [2.05, 4.69) is 10.2 Å². The molecule has 0 spiro atoms. The summed E-state index contributed by atoms with van der Waals surface area (Å²) in [5, 5.41) is 6.93. The van der Waals surface area contributed by atoms with Crippen LogP contribution in [-0.4, -0.2) is 21.9 Å². The summed E-state index contributed by atoms with van der Waals surface area (Å²) in [5.41, 5.74) is 0.759. The number of methoxy groups -OCH3 is 1.